The van der Waals surface area contributed by atoms with E-state index in [-0.39, 0.29) is 17.3 Å². The van der Waals surface area contributed by atoms with Gasteiger partial charge in [-0.1, -0.05) is 0 Å². The fraction of sp³-hybridized carbons (Fsp3) is 0.538. The van der Waals surface area contributed by atoms with E-state index >= 15 is 0 Å². The Morgan fingerprint density at radius 2 is 2.05 bits per heavy atom. The van der Waals surface area contributed by atoms with E-state index in [1.54, 1.807) is 0 Å². The van der Waals surface area contributed by atoms with Gasteiger partial charge in [-0.15, -0.1) is 0 Å². The first-order valence-electron chi connectivity index (χ1n) is 6.49. The molecule has 110 valence electrons. The van der Waals surface area contributed by atoms with Gasteiger partial charge in [-0.3, -0.25) is 10.1 Å². The summed E-state index contributed by atoms with van der Waals surface area (Å²) in [6.45, 7) is 1.82. The predicted octanol–water partition coefficient (Wildman–Crippen LogP) is 3.04. The van der Waals surface area contributed by atoms with Crippen LogP contribution >= 0.6 is 0 Å². The van der Waals surface area contributed by atoms with Crippen molar-refractivity contribution in [2.75, 3.05) is 25.5 Å². The fourth-order valence-corrected chi connectivity index (χ4v) is 2.35. The number of likely N-dealkylation sites (tertiary alicyclic amines) is 1. The van der Waals surface area contributed by atoms with E-state index in [2.05, 4.69) is 10.2 Å². The summed E-state index contributed by atoms with van der Waals surface area (Å²) in [5, 5.41) is 13.7. The second-order valence-corrected chi connectivity index (χ2v) is 5.05. The lowest BCUT2D eigenvalue weighted by Gasteiger charge is -2.30. The summed E-state index contributed by atoms with van der Waals surface area (Å²) in [6.07, 6.45) is -0.990. The van der Waals surface area contributed by atoms with Crippen LogP contribution in [0.2, 0.25) is 0 Å². The third kappa shape index (κ3) is 3.41. The van der Waals surface area contributed by atoms with Gasteiger partial charge in [-0.25, -0.2) is 8.78 Å². The van der Waals surface area contributed by atoms with Crippen molar-refractivity contribution in [2.24, 2.45) is 0 Å². The normalized spacial score (nSPS) is 17.4. The lowest BCUT2D eigenvalue weighted by atomic mass is 10.0. The van der Waals surface area contributed by atoms with Gasteiger partial charge in [-0.05, 0) is 39.0 Å². The Labute approximate surface area is 115 Å². The van der Waals surface area contributed by atoms with Crippen molar-refractivity contribution in [3.05, 3.63) is 33.9 Å². The van der Waals surface area contributed by atoms with E-state index in [1.165, 1.54) is 12.1 Å². The van der Waals surface area contributed by atoms with Crippen molar-refractivity contribution in [1.82, 2.24) is 4.90 Å². The van der Waals surface area contributed by atoms with Crippen LogP contribution in [0.4, 0.5) is 20.2 Å². The molecule has 0 amide bonds. The lowest BCUT2D eigenvalue weighted by Crippen LogP contribution is -2.36. The van der Waals surface area contributed by atoms with Crippen LogP contribution in [0.25, 0.3) is 0 Å². The molecule has 1 fully saturated rings. The Kier molecular flexibility index (Phi) is 4.49. The van der Waals surface area contributed by atoms with Crippen LogP contribution in [0.15, 0.2) is 18.2 Å². The van der Waals surface area contributed by atoms with E-state index in [1.807, 2.05) is 7.05 Å². The Morgan fingerprint density at radius 3 is 2.60 bits per heavy atom. The summed E-state index contributed by atoms with van der Waals surface area (Å²) < 4.78 is 26.0. The topological polar surface area (TPSA) is 58.4 Å². The molecule has 1 aromatic carbocycles. The molecular formula is C13H17F2N3O2. The Balaban J connectivity index is 2.16. The summed E-state index contributed by atoms with van der Waals surface area (Å²) >= 11 is 0. The second-order valence-electron chi connectivity index (χ2n) is 5.05. The van der Waals surface area contributed by atoms with Gasteiger partial charge in [0.2, 0.25) is 0 Å². The number of alkyl halides is 2. The molecular weight excluding hydrogens is 268 g/mol. The van der Waals surface area contributed by atoms with E-state index < -0.39 is 11.3 Å². The van der Waals surface area contributed by atoms with Gasteiger partial charge in [0.25, 0.3) is 12.1 Å². The van der Waals surface area contributed by atoms with Crippen LogP contribution < -0.4 is 5.32 Å². The maximum atomic E-state index is 13.0. The zero-order valence-corrected chi connectivity index (χ0v) is 11.2. The molecule has 0 atom stereocenters. The molecule has 0 radical (unpaired) electrons. The SMILES string of the molecule is CN1CCC(Nc2ccc([N+](=O)[O-])cc2C(F)F)CC1. The molecule has 1 aromatic rings. The summed E-state index contributed by atoms with van der Waals surface area (Å²) in [5.41, 5.74) is -0.326. The first-order chi connectivity index (χ1) is 9.47. The molecule has 0 aliphatic carbocycles. The van der Waals surface area contributed by atoms with Crippen LogP contribution in [-0.2, 0) is 0 Å². The van der Waals surface area contributed by atoms with Crippen LogP contribution in [0.3, 0.4) is 0 Å². The summed E-state index contributed by atoms with van der Waals surface area (Å²) in [7, 11) is 2.02. The lowest BCUT2D eigenvalue weighted by molar-refractivity contribution is -0.385. The molecule has 7 heteroatoms. The van der Waals surface area contributed by atoms with Crippen molar-refractivity contribution in [3.63, 3.8) is 0 Å². The standard InChI is InChI=1S/C13H17F2N3O2/c1-17-6-4-9(5-7-17)16-12-3-2-10(18(19)20)8-11(12)13(14)15/h2-3,8-9,13,16H,4-7H2,1H3. The second kappa shape index (κ2) is 6.13. The Hall–Kier alpha value is -1.76. The highest BCUT2D eigenvalue weighted by molar-refractivity contribution is 5.57. The van der Waals surface area contributed by atoms with Gasteiger partial charge < -0.3 is 10.2 Å². The van der Waals surface area contributed by atoms with Gasteiger partial charge in [0, 0.05) is 29.4 Å². The van der Waals surface area contributed by atoms with Gasteiger partial charge in [0.15, 0.2) is 0 Å². The summed E-state index contributed by atoms with van der Waals surface area (Å²) in [4.78, 5) is 12.2. The highest BCUT2D eigenvalue weighted by atomic mass is 19.3. The number of nitro benzene ring substituents is 1. The molecule has 1 aliphatic heterocycles. The molecule has 1 aliphatic rings. The average Bonchev–Trinajstić information content (AvgIpc) is 2.41. The van der Waals surface area contributed by atoms with E-state index in [0.29, 0.717) is 5.69 Å². The highest BCUT2D eigenvalue weighted by Crippen LogP contribution is 2.31. The molecule has 0 aromatic heterocycles. The molecule has 1 heterocycles. The van der Waals surface area contributed by atoms with Gasteiger partial charge in [0.1, 0.15) is 0 Å². The molecule has 2 rings (SSSR count). The third-order valence-corrected chi connectivity index (χ3v) is 3.56. The number of non-ortho nitro benzene ring substituents is 1. The van der Waals surface area contributed by atoms with Crippen molar-refractivity contribution in [1.29, 1.82) is 0 Å². The van der Waals surface area contributed by atoms with Gasteiger partial charge >= 0.3 is 0 Å². The minimum atomic E-state index is -2.73. The molecule has 0 spiro atoms. The number of nitrogens with one attached hydrogen (secondary N) is 1. The molecule has 0 saturated carbocycles. The molecule has 0 unspecified atom stereocenters. The number of anilines is 1. The van der Waals surface area contributed by atoms with E-state index in [4.69, 9.17) is 0 Å². The number of hydrogen-bond acceptors (Lipinski definition) is 4. The maximum absolute atomic E-state index is 13.0. The van der Waals surface area contributed by atoms with Crippen molar-refractivity contribution in [3.8, 4) is 0 Å². The first kappa shape index (κ1) is 14.6. The number of hydrogen-bond donors (Lipinski definition) is 1. The van der Waals surface area contributed by atoms with Crippen LogP contribution in [-0.4, -0.2) is 36.0 Å². The number of piperidine rings is 1. The fourth-order valence-electron chi connectivity index (χ4n) is 2.35. The Bertz CT molecular complexity index is 489. The van der Waals surface area contributed by atoms with Crippen molar-refractivity contribution in [2.45, 2.75) is 25.3 Å². The molecule has 20 heavy (non-hydrogen) atoms. The number of rotatable bonds is 4. The minimum Gasteiger partial charge on any atom is -0.382 e. The van der Waals surface area contributed by atoms with E-state index in [0.717, 1.165) is 32.0 Å². The first-order valence-corrected chi connectivity index (χ1v) is 6.49. The number of halogens is 2. The average molecular weight is 285 g/mol. The predicted molar refractivity (Wildman–Crippen MR) is 72.2 cm³/mol. The van der Waals surface area contributed by atoms with E-state index in [9.17, 15) is 18.9 Å². The monoisotopic (exact) mass is 285 g/mol. The highest BCUT2D eigenvalue weighted by Gasteiger charge is 2.21. The van der Waals surface area contributed by atoms with Crippen LogP contribution in [0.1, 0.15) is 24.8 Å². The molecule has 0 bridgehead atoms. The number of nitrogens with zero attached hydrogens (tertiary/aromatic N) is 2. The smallest absolute Gasteiger partial charge is 0.270 e. The van der Waals surface area contributed by atoms with Crippen LogP contribution in [0.5, 0.6) is 0 Å². The summed E-state index contributed by atoms with van der Waals surface area (Å²) in [6, 6.07) is 3.70. The molecule has 1 N–H and O–H groups in total. The van der Waals surface area contributed by atoms with Crippen molar-refractivity contribution >= 4 is 11.4 Å². The molecule has 1 saturated heterocycles. The van der Waals surface area contributed by atoms with Gasteiger partial charge in [-0.2, -0.15) is 0 Å². The molecule has 5 nitrogen and oxygen atoms in total. The third-order valence-electron chi connectivity index (χ3n) is 3.56. The minimum absolute atomic E-state index is 0.130. The zero-order valence-electron chi connectivity index (χ0n) is 11.2. The number of nitro groups is 1. The van der Waals surface area contributed by atoms with Gasteiger partial charge in [0.05, 0.1) is 4.92 Å². The van der Waals surface area contributed by atoms with Crippen molar-refractivity contribution < 1.29 is 13.7 Å². The van der Waals surface area contributed by atoms with Crippen LogP contribution in [0, 0.1) is 10.1 Å². The maximum Gasteiger partial charge on any atom is 0.270 e. The largest absolute Gasteiger partial charge is 0.382 e. The summed E-state index contributed by atoms with van der Waals surface area (Å²) in [5.74, 6) is 0. The quantitative estimate of drug-likeness (QED) is 0.682. The zero-order chi connectivity index (χ0) is 14.7. The number of benzene rings is 1. The Morgan fingerprint density at radius 1 is 1.40 bits per heavy atom.